The Morgan fingerprint density at radius 2 is 1.76 bits per heavy atom. The van der Waals surface area contributed by atoms with Crippen molar-refractivity contribution >= 4 is 10.0 Å². The van der Waals surface area contributed by atoms with E-state index < -0.39 is 10.0 Å². The quantitative estimate of drug-likeness (QED) is 0.573. The first-order chi connectivity index (χ1) is 8.10. The van der Waals surface area contributed by atoms with Crippen molar-refractivity contribution in [3.05, 3.63) is 24.3 Å². The molecule has 0 unspecified atom stereocenters. The number of sulfonamides is 1. The fourth-order valence-corrected chi connectivity index (χ4v) is 1.88. The molecule has 0 radical (unpaired) electrons. The van der Waals surface area contributed by atoms with Crippen molar-refractivity contribution in [3.63, 3.8) is 0 Å². The summed E-state index contributed by atoms with van der Waals surface area (Å²) in [6, 6.07) is 5.98. The molecule has 0 fully saturated rings. The molecule has 0 aliphatic carbocycles. The van der Waals surface area contributed by atoms with Gasteiger partial charge in [-0.25, -0.2) is 8.42 Å². The molecule has 96 valence electrons. The van der Waals surface area contributed by atoms with Crippen LogP contribution in [0.5, 0.6) is 5.75 Å². The van der Waals surface area contributed by atoms with Gasteiger partial charge in [-0.05, 0) is 24.3 Å². The number of hydrogen-bond donors (Lipinski definition) is 1. The highest BCUT2D eigenvalue weighted by Gasteiger charge is 2.13. The number of rotatable bonds is 7. The van der Waals surface area contributed by atoms with E-state index in [2.05, 4.69) is 0 Å². The molecule has 6 nitrogen and oxygen atoms in total. The van der Waals surface area contributed by atoms with Gasteiger partial charge in [0.15, 0.2) is 0 Å². The molecule has 1 aromatic rings. The summed E-state index contributed by atoms with van der Waals surface area (Å²) >= 11 is 0. The Hall–Kier alpha value is -1.15. The third-order valence-electron chi connectivity index (χ3n) is 1.93. The van der Waals surface area contributed by atoms with Crippen molar-refractivity contribution in [1.82, 2.24) is 4.89 Å². The average molecular weight is 261 g/mol. The maximum Gasteiger partial charge on any atom is 0.262 e. The van der Waals surface area contributed by atoms with E-state index in [1.807, 2.05) is 4.89 Å². The van der Waals surface area contributed by atoms with Gasteiger partial charge in [0.1, 0.15) is 5.75 Å². The molecule has 7 heteroatoms. The molecule has 0 aliphatic rings. The maximum atomic E-state index is 11.7. The van der Waals surface area contributed by atoms with Gasteiger partial charge in [-0.15, -0.1) is 0 Å². The Morgan fingerprint density at radius 3 is 2.29 bits per heavy atom. The first-order valence-corrected chi connectivity index (χ1v) is 6.35. The van der Waals surface area contributed by atoms with E-state index >= 15 is 0 Å². The molecule has 0 aromatic heterocycles. The second kappa shape index (κ2) is 6.55. The predicted octanol–water partition coefficient (Wildman–Crippen LogP) is 0.551. The van der Waals surface area contributed by atoms with Crippen molar-refractivity contribution in [2.45, 2.75) is 4.90 Å². The minimum atomic E-state index is -3.65. The average Bonchev–Trinajstić information content (AvgIpc) is 2.35. The van der Waals surface area contributed by atoms with Crippen LogP contribution in [0.25, 0.3) is 0 Å². The molecule has 0 bridgehead atoms. The van der Waals surface area contributed by atoms with Crippen molar-refractivity contribution in [3.8, 4) is 5.75 Å². The van der Waals surface area contributed by atoms with Gasteiger partial charge in [0.25, 0.3) is 10.0 Å². The lowest BCUT2D eigenvalue weighted by molar-refractivity contribution is 0.0438. The second-order valence-corrected chi connectivity index (χ2v) is 4.75. The summed E-state index contributed by atoms with van der Waals surface area (Å²) in [5.41, 5.74) is 0. The van der Waals surface area contributed by atoms with Crippen LogP contribution >= 0.6 is 0 Å². The molecule has 1 N–H and O–H groups in total. The fraction of sp³-hybridized carbons (Fsp3) is 0.400. The number of ether oxygens (including phenoxy) is 2. The van der Waals surface area contributed by atoms with Crippen LogP contribution in [0, 0.1) is 0 Å². The minimum absolute atomic E-state index is 0.107. The minimum Gasteiger partial charge on any atom is -0.497 e. The number of methoxy groups -OCH3 is 2. The largest absolute Gasteiger partial charge is 0.497 e. The highest BCUT2D eigenvalue weighted by Crippen LogP contribution is 2.14. The summed E-state index contributed by atoms with van der Waals surface area (Å²) in [6.07, 6.45) is 0. The topological polar surface area (TPSA) is 73.9 Å². The monoisotopic (exact) mass is 261 g/mol. The molecule has 1 rings (SSSR count). The van der Waals surface area contributed by atoms with Crippen LogP contribution < -0.4 is 9.62 Å². The molecule has 0 spiro atoms. The summed E-state index contributed by atoms with van der Waals surface area (Å²) in [5.74, 6) is 0.587. The van der Waals surface area contributed by atoms with Crippen LogP contribution in [0.4, 0.5) is 0 Å². The Labute approximate surface area is 100 Å². The molecule has 0 aliphatic heterocycles. The van der Waals surface area contributed by atoms with Gasteiger partial charge in [-0.2, -0.15) is 0 Å². The van der Waals surface area contributed by atoms with Crippen molar-refractivity contribution in [2.75, 3.05) is 27.4 Å². The van der Waals surface area contributed by atoms with E-state index in [1.165, 1.54) is 26.4 Å². The fourth-order valence-electron chi connectivity index (χ4n) is 1.05. The first kappa shape index (κ1) is 13.9. The van der Waals surface area contributed by atoms with E-state index in [-0.39, 0.29) is 11.5 Å². The Kier molecular flexibility index (Phi) is 5.36. The van der Waals surface area contributed by atoms with Gasteiger partial charge < -0.3 is 9.47 Å². The smallest absolute Gasteiger partial charge is 0.262 e. The standard InChI is InChI=1S/C10H15NO5S/c1-14-7-8-16-11-17(12,13)10-5-3-9(15-2)4-6-10/h3-6,11H,7-8H2,1-2H3. The molecular formula is C10H15NO5S. The lowest BCUT2D eigenvalue weighted by Gasteiger charge is -2.07. The van der Waals surface area contributed by atoms with Crippen LogP contribution in [-0.2, 0) is 19.6 Å². The van der Waals surface area contributed by atoms with Crippen LogP contribution in [0.1, 0.15) is 0 Å². The second-order valence-electron chi connectivity index (χ2n) is 3.10. The zero-order valence-corrected chi connectivity index (χ0v) is 10.5. The highest BCUT2D eigenvalue weighted by molar-refractivity contribution is 7.89. The zero-order valence-electron chi connectivity index (χ0n) is 9.67. The van der Waals surface area contributed by atoms with E-state index in [0.717, 1.165) is 0 Å². The summed E-state index contributed by atoms with van der Waals surface area (Å²) in [5, 5.41) is 0. The van der Waals surface area contributed by atoms with Gasteiger partial charge in [0.2, 0.25) is 0 Å². The molecule has 0 heterocycles. The third-order valence-corrected chi connectivity index (χ3v) is 3.16. The van der Waals surface area contributed by atoms with Crippen LogP contribution in [0.3, 0.4) is 0 Å². The maximum absolute atomic E-state index is 11.7. The molecule has 0 atom stereocenters. The van der Waals surface area contributed by atoms with Gasteiger partial charge in [-0.3, -0.25) is 4.84 Å². The van der Waals surface area contributed by atoms with E-state index in [9.17, 15) is 8.42 Å². The highest BCUT2D eigenvalue weighted by atomic mass is 32.2. The number of nitrogens with one attached hydrogen (secondary N) is 1. The molecule has 17 heavy (non-hydrogen) atoms. The Morgan fingerprint density at radius 1 is 1.12 bits per heavy atom. The van der Waals surface area contributed by atoms with Gasteiger partial charge in [0.05, 0.1) is 25.2 Å². The van der Waals surface area contributed by atoms with Crippen molar-refractivity contribution in [1.29, 1.82) is 0 Å². The Balaban J connectivity index is 2.62. The molecular weight excluding hydrogens is 246 g/mol. The molecule has 0 saturated heterocycles. The summed E-state index contributed by atoms with van der Waals surface area (Å²) < 4.78 is 33.0. The number of benzene rings is 1. The lowest BCUT2D eigenvalue weighted by atomic mass is 10.3. The molecule has 0 saturated carbocycles. The van der Waals surface area contributed by atoms with E-state index in [4.69, 9.17) is 14.3 Å². The van der Waals surface area contributed by atoms with E-state index in [1.54, 1.807) is 12.1 Å². The third kappa shape index (κ3) is 4.31. The Bertz CT molecular complexity index is 429. The summed E-state index contributed by atoms with van der Waals surface area (Å²) in [7, 11) is -0.638. The summed E-state index contributed by atoms with van der Waals surface area (Å²) in [6.45, 7) is 0.455. The lowest BCUT2D eigenvalue weighted by Crippen LogP contribution is -2.25. The summed E-state index contributed by atoms with van der Waals surface area (Å²) in [4.78, 5) is 6.86. The zero-order chi connectivity index (χ0) is 12.7. The van der Waals surface area contributed by atoms with Gasteiger partial charge in [-0.1, -0.05) is 4.89 Å². The molecule has 0 amide bonds. The number of hydrogen-bond acceptors (Lipinski definition) is 5. The van der Waals surface area contributed by atoms with Gasteiger partial charge in [0, 0.05) is 7.11 Å². The SMILES string of the molecule is COCCONS(=O)(=O)c1ccc(OC)cc1. The normalized spacial score (nSPS) is 11.4. The van der Waals surface area contributed by atoms with E-state index in [0.29, 0.717) is 12.4 Å². The van der Waals surface area contributed by atoms with Crippen molar-refractivity contribution < 1.29 is 22.7 Å². The van der Waals surface area contributed by atoms with Crippen molar-refractivity contribution in [2.24, 2.45) is 0 Å². The van der Waals surface area contributed by atoms with Gasteiger partial charge >= 0.3 is 0 Å². The first-order valence-electron chi connectivity index (χ1n) is 4.87. The van der Waals surface area contributed by atoms with Crippen LogP contribution in [-0.4, -0.2) is 35.9 Å². The van der Waals surface area contributed by atoms with Crippen LogP contribution in [0.2, 0.25) is 0 Å². The predicted molar refractivity (Wildman–Crippen MR) is 61.1 cm³/mol. The molecule has 1 aromatic carbocycles. The van der Waals surface area contributed by atoms with Crippen LogP contribution in [0.15, 0.2) is 29.2 Å².